The standard InChI is InChI=1S/C16H17NO/c17-15-6-1-2-7-16(15)18-11-12-8-9-13-4-3-5-14(13)10-12/h1-2,6-10H,3-5,11,17H2. The van der Waals surface area contributed by atoms with Crippen molar-refractivity contribution in [2.75, 3.05) is 5.73 Å². The van der Waals surface area contributed by atoms with Crippen molar-refractivity contribution in [2.24, 2.45) is 0 Å². The van der Waals surface area contributed by atoms with E-state index < -0.39 is 0 Å². The molecule has 2 aromatic carbocycles. The van der Waals surface area contributed by atoms with E-state index in [0.717, 1.165) is 5.75 Å². The minimum absolute atomic E-state index is 0.585. The highest BCUT2D eigenvalue weighted by Gasteiger charge is 2.10. The van der Waals surface area contributed by atoms with Crippen LogP contribution in [0.2, 0.25) is 0 Å². The van der Waals surface area contributed by atoms with Gasteiger partial charge in [-0.2, -0.15) is 0 Å². The molecule has 2 nitrogen and oxygen atoms in total. The van der Waals surface area contributed by atoms with Crippen LogP contribution in [0, 0.1) is 0 Å². The zero-order chi connectivity index (χ0) is 12.4. The van der Waals surface area contributed by atoms with Gasteiger partial charge in [-0.15, -0.1) is 0 Å². The molecule has 0 spiro atoms. The first-order valence-electron chi connectivity index (χ1n) is 6.41. The molecule has 3 rings (SSSR count). The summed E-state index contributed by atoms with van der Waals surface area (Å²) in [4.78, 5) is 0. The molecule has 2 N–H and O–H groups in total. The van der Waals surface area contributed by atoms with Gasteiger partial charge >= 0.3 is 0 Å². The van der Waals surface area contributed by atoms with Gasteiger partial charge in [-0.05, 0) is 48.1 Å². The van der Waals surface area contributed by atoms with E-state index in [4.69, 9.17) is 10.5 Å². The predicted octanol–water partition coefficient (Wildman–Crippen LogP) is 3.34. The third kappa shape index (κ3) is 2.19. The van der Waals surface area contributed by atoms with Gasteiger partial charge in [0.1, 0.15) is 12.4 Å². The summed E-state index contributed by atoms with van der Waals surface area (Å²) in [6.45, 7) is 0.585. The van der Waals surface area contributed by atoms with Crippen LogP contribution in [-0.4, -0.2) is 0 Å². The summed E-state index contributed by atoms with van der Waals surface area (Å²) >= 11 is 0. The lowest BCUT2D eigenvalue weighted by Crippen LogP contribution is -1.99. The number of nitrogens with two attached hydrogens (primary N) is 1. The van der Waals surface area contributed by atoms with Crippen LogP contribution in [0.1, 0.15) is 23.1 Å². The summed E-state index contributed by atoms with van der Waals surface area (Å²) in [7, 11) is 0. The van der Waals surface area contributed by atoms with Crippen LogP contribution in [-0.2, 0) is 19.4 Å². The van der Waals surface area contributed by atoms with Gasteiger partial charge in [0.25, 0.3) is 0 Å². The van der Waals surface area contributed by atoms with Gasteiger partial charge < -0.3 is 10.5 Å². The SMILES string of the molecule is Nc1ccccc1OCc1ccc2c(c1)CCC2. The van der Waals surface area contributed by atoms with Gasteiger partial charge in [0.05, 0.1) is 5.69 Å². The largest absolute Gasteiger partial charge is 0.487 e. The topological polar surface area (TPSA) is 35.2 Å². The van der Waals surface area contributed by atoms with Crippen molar-refractivity contribution in [3.8, 4) is 5.75 Å². The monoisotopic (exact) mass is 239 g/mol. The molecular weight excluding hydrogens is 222 g/mol. The molecule has 0 bridgehead atoms. The number of para-hydroxylation sites is 2. The molecule has 1 aliphatic rings. The van der Waals surface area contributed by atoms with Gasteiger partial charge in [-0.1, -0.05) is 30.3 Å². The number of ether oxygens (including phenoxy) is 1. The molecule has 0 atom stereocenters. The zero-order valence-corrected chi connectivity index (χ0v) is 10.4. The number of benzene rings is 2. The lowest BCUT2D eigenvalue weighted by atomic mass is 10.1. The predicted molar refractivity (Wildman–Crippen MR) is 73.7 cm³/mol. The third-order valence-corrected chi connectivity index (χ3v) is 3.48. The Balaban J connectivity index is 1.72. The fourth-order valence-electron chi connectivity index (χ4n) is 2.49. The van der Waals surface area contributed by atoms with E-state index in [0.29, 0.717) is 12.3 Å². The van der Waals surface area contributed by atoms with E-state index >= 15 is 0 Å². The number of hydrogen-bond acceptors (Lipinski definition) is 2. The minimum Gasteiger partial charge on any atom is -0.487 e. The molecule has 0 heterocycles. The average molecular weight is 239 g/mol. The Bertz CT molecular complexity index is 563. The van der Waals surface area contributed by atoms with Crippen LogP contribution in [0.15, 0.2) is 42.5 Å². The average Bonchev–Trinajstić information content (AvgIpc) is 2.85. The summed E-state index contributed by atoms with van der Waals surface area (Å²) in [5.41, 5.74) is 10.7. The second-order valence-corrected chi connectivity index (χ2v) is 4.78. The van der Waals surface area contributed by atoms with E-state index in [-0.39, 0.29) is 0 Å². The van der Waals surface area contributed by atoms with Crippen molar-refractivity contribution in [1.29, 1.82) is 0 Å². The quantitative estimate of drug-likeness (QED) is 0.834. The molecule has 0 unspecified atom stereocenters. The van der Waals surface area contributed by atoms with Crippen molar-refractivity contribution in [2.45, 2.75) is 25.9 Å². The van der Waals surface area contributed by atoms with E-state index in [9.17, 15) is 0 Å². The molecule has 0 radical (unpaired) electrons. The Hall–Kier alpha value is -1.96. The molecule has 2 heteroatoms. The second kappa shape index (κ2) is 4.73. The van der Waals surface area contributed by atoms with Gasteiger partial charge in [-0.3, -0.25) is 0 Å². The molecule has 0 amide bonds. The number of aryl methyl sites for hydroxylation is 2. The van der Waals surface area contributed by atoms with Crippen LogP contribution in [0.4, 0.5) is 5.69 Å². The first-order valence-corrected chi connectivity index (χ1v) is 6.41. The smallest absolute Gasteiger partial charge is 0.142 e. The molecule has 0 saturated heterocycles. The Morgan fingerprint density at radius 1 is 1.00 bits per heavy atom. The maximum absolute atomic E-state index is 5.85. The van der Waals surface area contributed by atoms with E-state index in [1.165, 1.54) is 36.0 Å². The van der Waals surface area contributed by atoms with Gasteiger partial charge in [0.2, 0.25) is 0 Å². The first kappa shape index (κ1) is 11.1. The van der Waals surface area contributed by atoms with E-state index in [1.807, 2.05) is 24.3 Å². The molecule has 0 fully saturated rings. The molecule has 2 aromatic rings. The molecule has 92 valence electrons. The lowest BCUT2D eigenvalue weighted by molar-refractivity contribution is 0.308. The fraction of sp³-hybridized carbons (Fsp3) is 0.250. The molecular formula is C16H17NO. The van der Waals surface area contributed by atoms with Crippen LogP contribution in [0.3, 0.4) is 0 Å². The van der Waals surface area contributed by atoms with E-state index in [2.05, 4.69) is 18.2 Å². The number of hydrogen-bond donors (Lipinski definition) is 1. The summed E-state index contributed by atoms with van der Waals surface area (Å²) in [6, 6.07) is 14.3. The molecule has 0 saturated carbocycles. The highest BCUT2D eigenvalue weighted by atomic mass is 16.5. The highest BCUT2D eigenvalue weighted by molar-refractivity contribution is 5.51. The molecule has 0 aliphatic heterocycles. The Morgan fingerprint density at radius 3 is 2.72 bits per heavy atom. The second-order valence-electron chi connectivity index (χ2n) is 4.78. The summed E-state index contributed by atoms with van der Waals surface area (Å²) in [5, 5.41) is 0. The molecule has 0 aromatic heterocycles. The maximum atomic E-state index is 5.85. The fourth-order valence-corrected chi connectivity index (χ4v) is 2.49. The Labute approximate surface area is 107 Å². The summed E-state index contributed by atoms with van der Waals surface area (Å²) < 4.78 is 5.76. The molecule has 18 heavy (non-hydrogen) atoms. The normalized spacial score (nSPS) is 13.3. The maximum Gasteiger partial charge on any atom is 0.142 e. The Kier molecular flexibility index (Phi) is 2.93. The van der Waals surface area contributed by atoms with Gasteiger partial charge in [0.15, 0.2) is 0 Å². The number of anilines is 1. The van der Waals surface area contributed by atoms with Crippen molar-refractivity contribution in [1.82, 2.24) is 0 Å². The summed E-state index contributed by atoms with van der Waals surface area (Å²) in [5.74, 6) is 0.762. The lowest BCUT2D eigenvalue weighted by Gasteiger charge is -2.09. The number of rotatable bonds is 3. The highest BCUT2D eigenvalue weighted by Crippen LogP contribution is 2.25. The van der Waals surface area contributed by atoms with Crippen LogP contribution in [0.5, 0.6) is 5.75 Å². The Morgan fingerprint density at radius 2 is 1.83 bits per heavy atom. The molecule has 1 aliphatic carbocycles. The van der Waals surface area contributed by atoms with Crippen LogP contribution < -0.4 is 10.5 Å². The van der Waals surface area contributed by atoms with Gasteiger partial charge in [-0.25, -0.2) is 0 Å². The van der Waals surface area contributed by atoms with Crippen molar-refractivity contribution < 1.29 is 4.74 Å². The van der Waals surface area contributed by atoms with Crippen molar-refractivity contribution in [3.63, 3.8) is 0 Å². The third-order valence-electron chi connectivity index (χ3n) is 3.48. The van der Waals surface area contributed by atoms with Crippen molar-refractivity contribution >= 4 is 5.69 Å². The van der Waals surface area contributed by atoms with Crippen LogP contribution in [0.25, 0.3) is 0 Å². The minimum atomic E-state index is 0.585. The van der Waals surface area contributed by atoms with Crippen molar-refractivity contribution in [3.05, 3.63) is 59.2 Å². The van der Waals surface area contributed by atoms with Crippen LogP contribution >= 0.6 is 0 Å². The van der Waals surface area contributed by atoms with Gasteiger partial charge in [0, 0.05) is 0 Å². The first-order chi connectivity index (χ1) is 8.83. The summed E-state index contributed by atoms with van der Waals surface area (Å²) in [6.07, 6.45) is 3.71. The number of nitrogen functional groups attached to an aromatic ring is 1. The number of fused-ring (bicyclic) bond motifs is 1. The van der Waals surface area contributed by atoms with E-state index in [1.54, 1.807) is 0 Å². The zero-order valence-electron chi connectivity index (χ0n) is 10.4.